The van der Waals surface area contributed by atoms with Crippen LogP contribution in [0.3, 0.4) is 0 Å². The Kier molecular flexibility index (Phi) is 2.45. The highest BCUT2D eigenvalue weighted by molar-refractivity contribution is 5.97. The lowest BCUT2D eigenvalue weighted by molar-refractivity contribution is -0.364. The fourth-order valence-corrected chi connectivity index (χ4v) is 2.20. The molecule has 88 valence electrons. The number of carbonyl (C=O) groups excluding carboxylic acids is 1. The van der Waals surface area contributed by atoms with Gasteiger partial charge in [-0.05, 0) is 24.3 Å². The van der Waals surface area contributed by atoms with E-state index in [1.54, 1.807) is 6.92 Å². The lowest BCUT2D eigenvalue weighted by Gasteiger charge is -1.97. The Morgan fingerprint density at radius 2 is 2.00 bits per heavy atom. The number of fused-ring (bicyclic) bond motifs is 1. The van der Waals surface area contributed by atoms with Gasteiger partial charge in [-0.3, -0.25) is 4.79 Å². The molecule has 0 aliphatic heterocycles. The Morgan fingerprint density at radius 3 is 2.72 bits per heavy atom. The zero-order valence-corrected chi connectivity index (χ0v) is 10.1. The van der Waals surface area contributed by atoms with Gasteiger partial charge in [0, 0.05) is 25.3 Å². The van der Waals surface area contributed by atoms with Crippen molar-refractivity contribution in [2.24, 2.45) is 0 Å². The number of hydrogen-bond acceptors (Lipinski definition) is 1. The lowest BCUT2D eigenvalue weighted by Crippen LogP contribution is -2.03. The summed E-state index contributed by atoms with van der Waals surface area (Å²) >= 11 is 0. The average molecular weight is 237 g/mol. The molecule has 18 heavy (non-hydrogen) atoms. The first kappa shape index (κ1) is 10.7. The smallest absolute Gasteiger partial charge is 0.212 e. The number of hydrogen-bond donors (Lipinski definition) is 0. The summed E-state index contributed by atoms with van der Waals surface area (Å²) in [6.45, 7) is 1.59. The van der Waals surface area contributed by atoms with Crippen LogP contribution in [-0.2, 0) is 0 Å². The molecule has 0 radical (unpaired) electrons. The lowest BCUT2D eigenvalue weighted by atomic mass is 10.1. The second-order valence-electron chi connectivity index (χ2n) is 4.23. The van der Waals surface area contributed by atoms with Crippen LogP contribution >= 0.6 is 0 Å². The molecule has 0 atom stereocenters. The molecule has 1 N–H and O–H groups in total. The number of Topliss-reactive ketones (excluding diaryl/α,β-unsaturated/α-hetero) is 1. The predicted octanol–water partition coefficient (Wildman–Crippen LogP) is 2.62. The van der Waals surface area contributed by atoms with Crippen molar-refractivity contribution >= 4 is 11.3 Å². The Labute approximate surface area is 105 Å². The third-order valence-electron chi connectivity index (χ3n) is 3.04. The maximum absolute atomic E-state index is 11.7. The third-order valence-corrected chi connectivity index (χ3v) is 3.04. The van der Waals surface area contributed by atoms with Crippen LogP contribution in [0.2, 0.25) is 0 Å². The van der Waals surface area contributed by atoms with Crippen molar-refractivity contribution < 1.29 is 9.78 Å². The van der Waals surface area contributed by atoms with Crippen molar-refractivity contribution in [2.75, 3.05) is 0 Å². The van der Waals surface area contributed by atoms with Gasteiger partial charge in [-0.15, -0.1) is 0 Å². The molecule has 3 aromatic heterocycles. The van der Waals surface area contributed by atoms with Crippen molar-refractivity contribution in [3.05, 3.63) is 60.6 Å². The number of aromatic amines is 1. The summed E-state index contributed by atoms with van der Waals surface area (Å²) in [4.78, 5) is 14.9. The van der Waals surface area contributed by atoms with Gasteiger partial charge in [0.15, 0.2) is 12.0 Å². The zero-order valence-electron chi connectivity index (χ0n) is 10.1. The molecule has 0 aromatic carbocycles. The summed E-state index contributed by atoms with van der Waals surface area (Å²) in [5, 5.41) is 0. The third kappa shape index (κ3) is 1.61. The number of nitrogens with zero attached hydrogens (tertiary/aromatic N) is 1. The van der Waals surface area contributed by atoms with E-state index in [1.165, 1.54) is 0 Å². The minimum atomic E-state index is 0.0679. The number of ketones is 1. The quantitative estimate of drug-likeness (QED) is 0.631. The van der Waals surface area contributed by atoms with E-state index < -0.39 is 0 Å². The first-order chi connectivity index (χ1) is 8.77. The van der Waals surface area contributed by atoms with Gasteiger partial charge in [0.05, 0.1) is 16.8 Å². The maximum Gasteiger partial charge on any atom is 0.212 e. The molecule has 0 bridgehead atoms. The highest BCUT2D eigenvalue weighted by Gasteiger charge is 2.16. The molecule has 3 heteroatoms. The molecule has 3 rings (SSSR count). The molecule has 0 aliphatic rings. The zero-order chi connectivity index (χ0) is 12.5. The second-order valence-corrected chi connectivity index (χ2v) is 4.23. The van der Waals surface area contributed by atoms with Crippen LogP contribution in [0, 0.1) is 0 Å². The summed E-state index contributed by atoms with van der Waals surface area (Å²) in [6, 6.07) is 13.8. The first-order valence-corrected chi connectivity index (χ1v) is 5.85. The fourth-order valence-electron chi connectivity index (χ4n) is 2.20. The molecule has 0 amide bonds. The van der Waals surface area contributed by atoms with Gasteiger partial charge < -0.3 is 4.40 Å². The maximum atomic E-state index is 11.7. The van der Waals surface area contributed by atoms with E-state index in [0.29, 0.717) is 5.69 Å². The van der Waals surface area contributed by atoms with Gasteiger partial charge in [-0.1, -0.05) is 6.07 Å². The Bertz CT molecular complexity index is 714. The van der Waals surface area contributed by atoms with Crippen LogP contribution in [0.25, 0.3) is 16.8 Å². The number of carbonyl (C=O) groups is 1. The fraction of sp³-hybridized carbons (Fsp3) is 0.0667. The van der Waals surface area contributed by atoms with Crippen LogP contribution in [0.5, 0.6) is 0 Å². The van der Waals surface area contributed by atoms with Crippen LogP contribution in [0.1, 0.15) is 17.4 Å². The normalized spacial score (nSPS) is 10.7. The molecule has 0 unspecified atom stereocenters. The SMILES string of the molecule is CC(=O)c1cc(-c2cccc[nH+]2)c2ccccn12. The topological polar surface area (TPSA) is 35.6 Å². The van der Waals surface area contributed by atoms with Gasteiger partial charge in [-0.2, -0.15) is 0 Å². The molecule has 0 aliphatic carbocycles. The molecular weight excluding hydrogens is 224 g/mol. The van der Waals surface area contributed by atoms with E-state index in [4.69, 9.17) is 0 Å². The van der Waals surface area contributed by atoms with Crippen LogP contribution in [0.4, 0.5) is 0 Å². The van der Waals surface area contributed by atoms with Crippen molar-refractivity contribution in [3.8, 4) is 11.3 Å². The van der Waals surface area contributed by atoms with Gasteiger partial charge in [0.1, 0.15) is 0 Å². The van der Waals surface area contributed by atoms with Crippen LogP contribution < -0.4 is 4.98 Å². The Hall–Kier alpha value is -2.42. The van der Waals surface area contributed by atoms with Gasteiger partial charge in [0.25, 0.3) is 0 Å². The summed E-state index contributed by atoms with van der Waals surface area (Å²) in [5.74, 6) is 0.0679. The molecule has 0 spiro atoms. The number of rotatable bonds is 2. The van der Waals surface area contributed by atoms with E-state index in [1.807, 2.05) is 59.3 Å². The number of pyridine rings is 2. The molecule has 3 nitrogen and oxygen atoms in total. The molecule has 0 saturated heterocycles. The summed E-state index contributed by atoms with van der Waals surface area (Å²) in [7, 11) is 0. The van der Waals surface area contributed by atoms with E-state index >= 15 is 0 Å². The monoisotopic (exact) mass is 237 g/mol. The van der Waals surface area contributed by atoms with Gasteiger partial charge >= 0.3 is 0 Å². The Balaban J connectivity index is 2.34. The summed E-state index contributed by atoms with van der Waals surface area (Å²) < 4.78 is 1.93. The summed E-state index contributed by atoms with van der Waals surface area (Å²) in [5.41, 5.74) is 3.79. The molecule has 0 fully saturated rings. The highest BCUT2D eigenvalue weighted by atomic mass is 16.1. The van der Waals surface area contributed by atoms with E-state index in [9.17, 15) is 4.79 Å². The molecule has 3 aromatic rings. The summed E-state index contributed by atoms with van der Waals surface area (Å²) in [6.07, 6.45) is 3.80. The van der Waals surface area contributed by atoms with Crippen molar-refractivity contribution in [2.45, 2.75) is 6.92 Å². The van der Waals surface area contributed by atoms with Gasteiger partial charge in [0.2, 0.25) is 5.69 Å². The number of aromatic nitrogens is 2. The van der Waals surface area contributed by atoms with Gasteiger partial charge in [-0.25, -0.2) is 4.98 Å². The predicted molar refractivity (Wildman–Crippen MR) is 69.4 cm³/mol. The van der Waals surface area contributed by atoms with Crippen molar-refractivity contribution in [1.82, 2.24) is 4.40 Å². The van der Waals surface area contributed by atoms with E-state index in [2.05, 4.69) is 4.98 Å². The standard InChI is InChI=1S/C15H12N2O/c1-11(18)15-10-12(13-6-2-4-8-16-13)14-7-3-5-9-17(14)15/h2-10H,1H3/p+1. The van der Waals surface area contributed by atoms with Crippen LogP contribution in [-0.4, -0.2) is 10.2 Å². The van der Waals surface area contributed by atoms with Crippen molar-refractivity contribution in [1.29, 1.82) is 0 Å². The second kappa shape index (κ2) is 4.11. The van der Waals surface area contributed by atoms with E-state index in [0.717, 1.165) is 16.8 Å². The largest absolute Gasteiger partial charge is 0.313 e. The molecular formula is C15H13N2O+. The Morgan fingerprint density at radius 1 is 1.17 bits per heavy atom. The first-order valence-electron chi connectivity index (χ1n) is 5.85. The van der Waals surface area contributed by atoms with E-state index in [-0.39, 0.29) is 5.78 Å². The highest BCUT2D eigenvalue weighted by Crippen LogP contribution is 2.25. The average Bonchev–Trinajstić information content (AvgIpc) is 2.79. The molecule has 3 heterocycles. The number of nitrogens with one attached hydrogen (secondary N) is 1. The minimum absolute atomic E-state index is 0.0679. The minimum Gasteiger partial charge on any atom is -0.313 e. The molecule has 0 saturated carbocycles. The van der Waals surface area contributed by atoms with Crippen LogP contribution in [0.15, 0.2) is 54.9 Å². The number of H-pyrrole nitrogens is 1. The van der Waals surface area contributed by atoms with Crippen molar-refractivity contribution in [3.63, 3.8) is 0 Å².